The van der Waals surface area contributed by atoms with Gasteiger partial charge in [0.25, 0.3) is 0 Å². The number of halogens is 1. The molecule has 3 aromatic carbocycles. The molecule has 0 heterocycles. The maximum Gasteiger partial charge on any atom is 0.0775 e. The lowest BCUT2D eigenvalue weighted by atomic mass is 9.78. The summed E-state index contributed by atoms with van der Waals surface area (Å²) in [5, 5.41) is 5.50. The van der Waals surface area contributed by atoms with Crippen LogP contribution >= 0.6 is 11.6 Å². The van der Waals surface area contributed by atoms with Gasteiger partial charge in [-0.05, 0) is 48.2 Å². The molecule has 3 nitrogen and oxygen atoms in total. The first-order chi connectivity index (χ1) is 15.1. The van der Waals surface area contributed by atoms with E-state index in [1.165, 1.54) is 5.56 Å². The fraction of sp³-hybridized carbons (Fsp3) is 0.222. The molecule has 1 atom stereocenters. The predicted molar refractivity (Wildman–Crippen MR) is 132 cm³/mol. The summed E-state index contributed by atoms with van der Waals surface area (Å²) in [7, 11) is 0. The van der Waals surface area contributed by atoms with Gasteiger partial charge in [0, 0.05) is 17.0 Å². The largest absolute Gasteiger partial charge is 0.377 e. The van der Waals surface area contributed by atoms with E-state index in [1.807, 2.05) is 78.9 Å². The maximum atomic E-state index is 6.11. The topological polar surface area (TPSA) is 33.6 Å². The predicted octanol–water partition coefficient (Wildman–Crippen LogP) is 7.35. The average Bonchev–Trinajstić information content (AvgIpc) is 2.81. The first-order valence-electron chi connectivity index (χ1n) is 10.5. The van der Waals surface area contributed by atoms with Crippen LogP contribution in [0, 0.1) is 5.41 Å². The van der Waals surface area contributed by atoms with Gasteiger partial charge in [-0.15, -0.1) is 6.58 Å². The molecule has 0 aliphatic rings. The Morgan fingerprint density at radius 1 is 1.00 bits per heavy atom. The van der Waals surface area contributed by atoms with Crippen LogP contribution in [-0.4, -0.2) is 12.3 Å². The third-order valence-electron chi connectivity index (χ3n) is 5.28. The van der Waals surface area contributed by atoms with Crippen LogP contribution in [0.25, 0.3) is 0 Å². The lowest BCUT2D eigenvalue weighted by Crippen LogP contribution is -2.28. The Bertz CT molecular complexity index is 971. The number of hydrogen-bond donors (Lipinski definition) is 1. The first kappa shape index (κ1) is 22.8. The Labute approximate surface area is 190 Å². The standard InChI is InChI=1S/C27H29ClN2O/c1-3-27(2,19-10-20-31-21-22-11-6-4-7-12-22)26(23-15-17-24(28)18-16-23)30-29-25-13-8-5-9-14-25/h3-9,11-18,29H,1,10,19-21H2,2H3/b30-26-. The minimum absolute atomic E-state index is 0.328. The maximum absolute atomic E-state index is 6.11. The number of rotatable bonds is 11. The highest BCUT2D eigenvalue weighted by molar-refractivity contribution is 6.30. The minimum atomic E-state index is -0.328. The van der Waals surface area contributed by atoms with Crippen LogP contribution in [0.4, 0.5) is 5.69 Å². The van der Waals surface area contributed by atoms with Crippen LogP contribution in [0.2, 0.25) is 5.02 Å². The highest BCUT2D eigenvalue weighted by Crippen LogP contribution is 2.31. The Kier molecular flexibility index (Phi) is 8.45. The van der Waals surface area contributed by atoms with E-state index in [-0.39, 0.29) is 5.41 Å². The van der Waals surface area contributed by atoms with Gasteiger partial charge in [0.1, 0.15) is 0 Å². The van der Waals surface area contributed by atoms with Crippen LogP contribution in [0.3, 0.4) is 0 Å². The Hall–Kier alpha value is -2.88. The van der Waals surface area contributed by atoms with E-state index in [0.717, 1.165) is 29.8 Å². The summed E-state index contributed by atoms with van der Waals surface area (Å²) in [6.07, 6.45) is 3.74. The fourth-order valence-electron chi connectivity index (χ4n) is 3.39. The molecule has 160 valence electrons. The normalized spacial score (nSPS) is 13.4. The van der Waals surface area contributed by atoms with Crippen molar-refractivity contribution in [2.75, 3.05) is 12.0 Å². The number of hydrazone groups is 1. The van der Waals surface area contributed by atoms with Crippen molar-refractivity contribution >= 4 is 23.0 Å². The van der Waals surface area contributed by atoms with Crippen molar-refractivity contribution in [3.8, 4) is 0 Å². The Morgan fingerprint density at radius 2 is 1.65 bits per heavy atom. The average molecular weight is 433 g/mol. The van der Waals surface area contributed by atoms with Gasteiger partial charge in [0.2, 0.25) is 0 Å². The number of benzene rings is 3. The van der Waals surface area contributed by atoms with Crippen LogP contribution in [0.5, 0.6) is 0 Å². The zero-order valence-corrected chi connectivity index (χ0v) is 18.7. The van der Waals surface area contributed by atoms with Crippen molar-refractivity contribution in [1.82, 2.24) is 0 Å². The molecule has 0 radical (unpaired) electrons. The van der Waals surface area contributed by atoms with Gasteiger partial charge in [-0.25, -0.2) is 0 Å². The molecule has 1 N–H and O–H groups in total. The van der Waals surface area contributed by atoms with Crippen molar-refractivity contribution in [1.29, 1.82) is 0 Å². The zero-order valence-electron chi connectivity index (χ0n) is 17.9. The number of para-hydroxylation sites is 1. The van der Waals surface area contributed by atoms with E-state index in [4.69, 9.17) is 21.4 Å². The fourth-order valence-corrected chi connectivity index (χ4v) is 3.51. The molecule has 3 rings (SSSR count). The van der Waals surface area contributed by atoms with Gasteiger partial charge in [0.05, 0.1) is 18.0 Å². The number of anilines is 1. The van der Waals surface area contributed by atoms with Crippen LogP contribution in [0.15, 0.2) is 103 Å². The molecule has 0 amide bonds. The number of allylic oxidation sites excluding steroid dienone is 1. The lowest BCUT2D eigenvalue weighted by Gasteiger charge is -2.28. The molecule has 0 bridgehead atoms. The highest BCUT2D eigenvalue weighted by atomic mass is 35.5. The summed E-state index contributed by atoms with van der Waals surface area (Å²) in [6.45, 7) is 7.59. The summed E-state index contributed by atoms with van der Waals surface area (Å²) in [4.78, 5) is 0. The zero-order chi connectivity index (χ0) is 21.9. The van der Waals surface area contributed by atoms with Gasteiger partial charge in [-0.3, -0.25) is 5.43 Å². The third kappa shape index (κ3) is 6.81. The van der Waals surface area contributed by atoms with E-state index in [1.54, 1.807) is 0 Å². The van der Waals surface area contributed by atoms with Crippen molar-refractivity contribution in [2.24, 2.45) is 10.5 Å². The van der Waals surface area contributed by atoms with Gasteiger partial charge >= 0.3 is 0 Å². The summed E-state index contributed by atoms with van der Waals surface area (Å²) in [6, 6.07) is 27.9. The molecule has 31 heavy (non-hydrogen) atoms. The Balaban J connectivity index is 1.71. The molecule has 3 aromatic rings. The number of nitrogens with zero attached hydrogens (tertiary/aromatic N) is 1. The van der Waals surface area contributed by atoms with Crippen molar-refractivity contribution in [3.05, 3.63) is 114 Å². The lowest BCUT2D eigenvalue weighted by molar-refractivity contribution is 0.114. The molecule has 0 aliphatic carbocycles. The molecule has 1 unspecified atom stereocenters. The van der Waals surface area contributed by atoms with Gasteiger partial charge < -0.3 is 4.74 Å². The van der Waals surface area contributed by atoms with Crippen LogP contribution < -0.4 is 5.43 Å². The second kappa shape index (κ2) is 11.5. The smallest absolute Gasteiger partial charge is 0.0775 e. The van der Waals surface area contributed by atoms with E-state index in [9.17, 15) is 0 Å². The van der Waals surface area contributed by atoms with E-state index in [0.29, 0.717) is 18.2 Å². The highest BCUT2D eigenvalue weighted by Gasteiger charge is 2.28. The SMILES string of the molecule is C=CC(C)(CCCOCc1ccccc1)/C(=N\Nc1ccccc1)c1ccc(Cl)cc1. The molecule has 0 spiro atoms. The monoisotopic (exact) mass is 432 g/mol. The second-order valence-corrected chi connectivity index (χ2v) is 8.14. The molecule has 0 saturated heterocycles. The van der Waals surface area contributed by atoms with Crippen molar-refractivity contribution in [3.63, 3.8) is 0 Å². The van der Waals surface area contributed by atoms with Crippen molar-refractivity contribution in [2.45, 2.75) is 26.4 Å². The van der Waals surface area contributed by atoms with Gasteiger partial charge in [0.15, 0.2) is 0 Å². The van der Waals surface area contributed by atoms with Crippen LogP contribution in [-0.2, 0) is 11.3 Å². The number of nitrogens with one attached hydrogen (secondary N) is 1. The van der Waals surface area contributed by atoms with Gasteiger partial charge in [-0.2, -0.15) is 5.10 Å². The molecule has 0 aliphatic heterocycles. The molecule has 4 heteroatoms. The summed E-state index contributed by atoms with van der Waals surface area (Å²) >= 11 is 6.11. The quantitative estimate of drug-likeness (QED) is 0.149. The van der Waals surface area contributed by atoms with Crippen LogP contribution in [0.1, 0.15) is 30.9 Å². The minimum Gasteiger partial charge on any atom is -0.377 e. The number of hydrogen-bond acceptors (Lipinski definition) is 3. The van der Waals surface area contributed by atoms with E-state index >= 15 is 0 Å². The third-order valence-corrected chi connectivity index (χ3v) is 5.53. The van der Waals surface area contributed by atoms with Crippen molar-refractivity contribution < 1.29 is 4.74 Å². The molecular weight excluding hydrogens is 404 g/mol. The number of ether oxygens (including phenoxy) is 1. The van der Waals surface area contributed by atoms with Gasteiger partial charge in [-0.1, -0.05) is 85.3 Å². The molecule has 0 saturated carbocycles. The summed E-state index contributed by atoms with van der Waals surface area (Å²) < 4.78 is 5.88. The Morgan fingerprint density at radius 3 is 2.29 bits per heavy atom. The van der Waals surface area contributed by atoms with E-state index < -0.39 is 0 Å². The molecular formula is C27H29ClN2O. The van der Waals surface area contributed by atoms with E-state index in [2.05, 4.69) is 31.1 Å². The second-order valence-electron chi connectivity index (χ2n) is 7.71. The summed E-state index contributed by atoms with van der Waals surface area (Å²) in [5.74, 6) is 0. The molecule has 0 aromatic heterocycles. The molecule has 0 fully saturated rings. The first-order valence-corrected chi connectivity index (χ1v) is 10.9. The summed E-state index contributed by atoms with van der Waals surface area (Å²) in [5.41, 5.74) is 6.93.